The molecular weight excluding hydrogens is 322 g/mol. The lowest BCUT2D eigenvalue weighted by molar-refractivity contribution is 0.0675. The second kappa shape index (κ2) is 7.89. The van der Waals surface area contributed by atoms with Crippen LogP contribution in [-0.2, 0) is 19.5 Å². The van der Waals surface area contributed by atoms with Gasteiger partial charge in [0.1, 0.15) is 0 Å². The Bertz CT molecular complexity index is 723. The van der Waals surface area contributed by atoms with Crippen LogP contribution in [0.25, 0.3) is 0 Å². The van der Waals surface area contributed by atoms with Crippen molar-refractivity contribution in [3.8, 4) is 0 Å². The maximum atomic E-state index is 4.80. The van der Waals surface area contributed by atoms with E-state index >= 15 is 0 Å². The van der Waals surface area contributed by atoms with Crippen molar-refractivity contribution in [1.82, 2.24) is 24.3 Å². The molecule has 0 unspecified atom stereocenters. The van der Waals surface area contributed by atoms with Gasteiger partial charge in [-0.1, -0.05) is 6.07 Å². The normalized spacial score (nSPS) is 23.0. The van der Waals surface area contributed by atoms with Crippen LogP contribution < -0.4 is 0 Å². The third kappa shape index (κ3) is 3.69. The molecule has 1 saturated heterocycles. The molecule has 2 aromatic heterocycles. The Morgan fingerprint density at radius 1 is 1.27 bits per heavy atom. The molecule has 0 bridgehead atoms. The average molecular weight is 354 g/mol. The second-order valence-electron chi connectivity index (χ2n) is 8.14. The van der Waals surface area contributed by atoms with Crippen molar-refractivity contribution >= 4 is 0 Å². The summed E-state index contributed by atoms with van der Waals surface area (Å²) in [7, 11) is 4.27. The molecule has 2 aliphatic rings. The molecule has 0 saturated carbocycles. The van der Waals surface area contributed by atoms with E-state index in [-0.39, 0.29) is 0 Å². The molecule has 5 heteroatoms. The van der Waals surface area contributed by atoms with Crippen LogP contribution in [0.1, 0.15) is 48.7 Å². The van der Waals surface area contributed by atoms with E-state index in [1.165, 1.54) is 49.2 Å². The molecule has 1 aliphatic carbocycles. The number of hydrogen-bond donors (Lipinski definition) is 0. The van der Waals surface area contributed by atoms with E-state index in [0.29, 0.717) is 6.04 Å². The average Bonchev–Trinajstić information content (AvgIpc) is 3.08. The van der Waals surface area contributed by atoms with E-state index in [1.54, 1.807) is 0 Å². The largest absolute Gasteiger partial charge is 0.333 e. The summed E-state index contributed by atoms with van der Waals surface area (Å²) in [6.45, 7) is 4.31. The van der Waals surface area contributed by atoms with Crippen molar-refractivity contribution in [2.24, 2.45) is 5.92 Å². The third-order valence-electron chi connectivity index (χ3n) is 6.02. The van der Waals surface area contributed by atoms with Gasteiger partial charge in [-0.15, -0.1) is 0 Å². The van der Waals surface area contributed by atoms with E-state index in [4.69, 9.17) is 4.98 Å². The summed E-state index contributed by atoms with van der Waals surface area (Å²) >= 11 is 0. The lowest BCUT2D eigenvalue weighted by Gasteiger charge is -2.44. The van der Waals surface area contributed by atoms with Gasteiger partial charge in [0, 0.05) is 25.5 Å². The van der Waals surface area contributed by atoms with Gasteiger partial charge in [-0.05, 0) is 76.8 Å². The molecule has 2 aromatic rings. The van der Waals surface area contributed by atoms with Crippen molar-refractivity contribution in [3.05, 3.63) is 47.8 Å². The van der Waals surface area contributed by atoms with Crippen LogP contribution in [0, 0.1) is 5.92 Å². The van der Waals surface area contributed by atoms with Gasteiger partial charge < -0.3 is 9.47 Å². The number of aromatic nitrogens is 3. The number of fused-ring (bicyclic) bond motifs is 3. The molecule has 0 amide bonds. The van der Waals surface area contributed by atoms with Gasteiger partial charge in [0.15, 0.2) is 0 Å². The van der Waals surface area contributed by atoms with Crippen molar-refractivity contribution < 1.29 is 0 Å². The number of piperidine rings is 1. The van der Waals surface area contributed by atoms with Crippen LogP contribution in [0.2, 0.25) is 0 Å². The summed E-state index contributed by atoms with van der Waals surface area (Å²) in [6, 6.07) is 4.85. The molecule has 140 valence electrons. The first kappa shape index (κ1) is 17.7. The Hall–Kier alpha value is -1.72. The number of likely N-dealkylation sites (tertiary alicyclic amines) is 1. The predicted octanol–water partition coefficient (Wildman–Crippen LogP) is 3.13. The molecule has 2 atom stereocenters. The zero-order chi connectivity index (χ0) is 17.9. The summed E-state index contributed by atoms with van der Waals surface area (Å²) in [5.74, 6) is 0.760. The molecule has 0 radical (unpaired) electrons. The predicted molar refractivity (Wildman–Crippen MR) is 104 cm³/mol. The van der Waals surface area contributed by atoms with Gasteiger partial charge in [-0.25, -0.2) is 4.98 Å². The SMILES string of the molecule is CN(C)CCCn1cncc1CN1CCC[C@H]2CCc3cccnc3[C@H]21. The summed E-state index contributed by atoms with van der Waals surface area (Å²) < 4.78 is 2.34. The lowest BCUT2D eigenvalue weighted by Crippen LogP contribution is -2.41. The molecular formula is C21H31N5. The first-order chi connectivity index (χ1) is 12.7. The summed E-state index contributed by atoms with van der Waals surface area (Å²) in [5.41, 5.74) is 4.13. The Balaban J connectivity index is 1.51. The van der Waals surface area contributed by atoms with Crippen LogP contribution in [0.4, 0.5) is 0 Å². The first-order valence-electron chi connectivity index (χ1n) is 10.0. The van der Waals surface area contributed by atoms with Gasteiger partial charge in [0.25, 0.3) is 0 Å². The highest BCUT2D eigenvalue weighted by Crippen LogP contribution is 2.43. The number of rotatable bonds is 6. The van der Waals surface area contributed by atoms with Crippen LogP contribution in [0.5, 0.6) is 0 Å². The third-order valence-corrected chi connectivity index (χ3v) is 6.02. The quantitative estimate of drug-likeness (QED) is 0.800. The highest BCUT2D eigenvalue weighted by Gasteiger charge is 2.37. The first-order valence-corrected chi connectivity index (χ1v) is 10.0. The molecule has 5 nitrogen and oxygen atoms in total. The minimum absolute atomic E-state index is 0.485. The highest BCUT2D eigenvalue weighted by atomic mass is 15.2. The summed E-state index contributed by atoms with van der Waals surface area (Å²) in [4.78, 5) is 14.2. The van der Waals surface area contributed by atoms with Gasteiger partial charge in [-0.2, -0.15) is 0 Å². The summed E-state index contributed by atoms with van der Waals surface area (Å²) in [6.07, 6.45) is 12.3. The number of pyridine rings is 1. The number of hydrogen-bond acceptors (Lipinski definition) is 4. The molecule has 4 rings (SSSR count). The van der Waals surface area contributed by atoms with Crippen LogP contribution >= 0.6 is 0 Å². The number of aryl methyl sites for hydroxylation is 2. The smallest absolute Gasteiger partial charge is 0.0948 e. The molecule has 1 fully saturated rings. The fourth-order valence-corrected chi connectivity index (χ4v) is 4.74. The molecule has 0 N–H and O–H groups in total. The Morgan fingerprint density at radius 3 is 3.08 bits per heavy atom. The van der Waals surface area contributed by atoms with E-state index in [2.05, 4.69) is 51.8 Å². The van der Waals surface area contributed by atoms with Gasteiger partial charge in [-0.3, -0.25) is 9.88 Å². The maximum Gasteiger partial charge on any atom is 0.0948 e. The topological polar surface area (TPSA) is 37.2 Å². The minimum Gasteiger partial charge on any atom is -0.333 e. The van der Waals surface area contributed by atoms with E-state index in [0.717, 1.165) is 32.0 Å². The number of nitrogens with zero attached hydrogens (tertiary/aromatic N) is 5. The van der Waals surface area contributed by atoms with Crippen molar-refractivity contribution in [2.45, 2.75) is 51.2 Å². The number of imidazole rings is 1. The summed E-state index contributed by atoms with van der Waals surface area (Å²) in [5, 5.41) is 0. The van der Waals surface area contributed by atoms with Gasteiger partial charge in [0.2, 0.25) is 0 Å². The Kier molecular flexibility index (Phi) is 5.36. The van der Waals surface area contributed by atoms with Gasteiger partial charge in [0.05, 0.1) is 23.8 Å². The van der Waals surface area contributed by atoms with Gasteiger partial charge >= 0.3 is 0 Å². The maximum absolute atomic E-state index is 4.80. The van der Waals surface area contributed by atoms with E-state index < -0.39 is 0 Å². The Morgan fingerprint density at radius 2 is 2.19 bits per heavy atom. The second-order valence-corrected chi connectivity index (χ2v) is 8.14. The fourth-order valence-electron chi connectivity index (χ4n) is 4.74. The van der Waals surface area contributed by atoms with E-state index in [1.807, 2.05) is 12.5 Å². The fraction of sp³-hybridized carbons (Fsp3) is 0.619. The molecule has 3 heterocycles. The Labute approximate surface area is 157 Å². The molecule has 1 aliphatic heterocycles. The standard InChI is InChI=1S/C21H31N5/c1-24(2)11-5-13-26-16-22-14-19(26)15-25-12-4-7-18-9-8-17-6-3-10-23-20(17)21(18)25/h3,6,10,14,16,18,21H,4-5,7-9,11-13,15H2,1-2H3/t18-,21-/m0/s1. The van der Waals surface area contributed by atoms with Crippen LogP contribution in [0.15, 0.2) is 30.9 Å². The van der Waals surface area contributed by atoms with Crippen LogP contribution in [0.3, 0.4) is 0 Å². The minimum atomic E-state index is 0.485. The van der Waals surface area contributed by atoms with Crippen molar-refractivity contribution in [3.63, 3.8) is 0 Å². The zero-order valence-electron chi connectivity index (χ0n) is 16.1. The zero-order valence-corrected chi connectivity index (χ0v) is 16.1. The molecule has 0 aromatic carbocycles. The monoisotopic (exact) mass is 353 g/mol. The van der Waals surface area contributed by atoms with Crippen LogP contribution in [-0.4, -0.2) is 51.5 Å². The van der Waals surface area contributed by atoms with Crippen molar-refractivity contribution in [1.29, 1.82) is 0 Å². The van der Waals surface area contributed by atoms with Crippen molar-refractivity contribution in [2.75, 3.05) is 27.2 Å². The highest BCUT2D eigenvalue weighted by molar-refractivity contribution is 5.27. The molecule has 0 spiro atoms. The lowest BCUT2D eigenvalue weighted by atomic mass is 9.77. The van der Waals surface area contributed by atoms with E-state index in [9.17, 15) is 0 Å². The molecule has 26 heavy (non-hydrogen) atoms.